The Labute approximate surface area is 100.0 Å². The van der Waals surface area contributed by atoms with Gasteiger partial charge in [-0.05, 0) is 33.2 Å². The summed E-state index contributed by atoms with van der Waals surface area (Å²) in [5.41, 5.74) is -1.02. The summed E-state index contributed by atoms with van der Waals surface area (Å²) in [5, 5.41) is 12.2. The molecule has 17 heavy (non-hydrogen) atoms. The van der Waals surface area contributed by atoms with Gasteiger partial charge in [-0.1, -0.05) is 0 Å². The van der Waals surface area contributed by atoms with E-state index in [0.29, 0.717) is 13.0 Å². The Morgan fingerprint density at radius 1 is 1.59 bits per heavy atom. The van der Waals surface area contributed by atoms with Gasteiger partial charge in [0.25, 0.3) is 6.43 Å². The molecule has 1 aliphatic carbocycles. The van der Waals surface area contributed by atoms with E-state index in [2.05, 4.69) is 5.32 Å². The van der Waals surface area contributed by atoms with Gasteiger partial charge in [-0.2, -0.15) is 0 Å². The Kier molecular flexibility index (Phi) is 4.82. The van der Waals surface area contributed by atoms with E-state index in [1.165, 1.54) is 4.90 Å². The van der Waals surface area contributed by atoms with Crippen molar-refractivity contribution < 1.29 is 18.7 Å². The van der Waals surface area contributed by atoms with Gasteiger partial charge in [0.1, 0.15) is 5.54 Å². The molecule has 1 atom stereocenters. The van der Waals surface area contributed by atoms with Crippen molar-refractivity contribution in [2.45, 2.75) is 44.2 Å². The molecule has 0 bridgehead atoms. The van der Waals surface area contributed by atoms with Crippen LogP contribution in [0.1, 0.15) is 26.2 Å². The van der Waals surface area contributed by atoms with Crippen LogP contribution in [0.3, 0.4) is 0 Å². The summed E-state index contributed by atoms with van der Waals surface area (Å²) in [7, 11) is 1.57. The number of aliphatic carboxylic acids is 1. The highest BCUT2D eigenvalue weighted by atomic mass is 19.3. The lowest BCUT2D eigenvalue weighted by Gasteiger charge is -2.28. The molecule has 2 N–H and O–H groups in total. The Morgan fingerprint density at radius 3 is 2.59 bits per heavy atom. The van der Waals surface area contributed by atoms with Gasteiger partial charge in [-0.25, -0.2) is 8.78 Å². The second kappa shape index (κ2) is 5.73. The van der Waals surface area contributed by atoms with E-state index >= 15 is 0 Å². The molecule has 0 heterocycles. The average Bonchev–Trinajstić information content (AvgIpc) is 2.97. The number of nitrogens with one attached hydrogen (secondary N) is 1. The second-order valence-corrected chi connectivity index (χ2v) is 4.96. The lowest BCUT2D eigenvalue weighted by molar-refractivity contribution is -0.144. The van der Waals surface area contributed by atoms with E-state index in [1.807, 2.05) is 0 Å². The molecule has 0 aliphatic heterocycles. The van der Waals surface area contributed by atoms with Crippen molar-refractivity contribution in [2.75, 3.05) is 20.1 Å². The summed E-state index contributed by atoms with van der Waals surface area (Å²) < 4.78 is 24.2. The SMILES string of the molecule is CN(CCC(C)(NC1CC1)C(=O)O)CC(F)F. The second-order valence-electron chi connectivity index (χ2n) is 4.96. The molecular formula is C11H20F2N2O2. The zero-order valence-electron chi connectivity index (χ0n) is 10.2. The zero-order chi connectivity index (χ0) is 13.1. The van der Waals surface area contributed by atoms with Gasteiger partial charge in [0, 0.05) is 12.6 Å². The molecule has 1 unspecified atom stereocenters. The van der Waals surface area contributed by atoms with E-state index in [1.54, 1.807) is 14.0 Å². The van der Waals surface area contributed by atoms with Crippen LogP contribution in [0, 0.1) is 0 Å². The monoisotopic (exact) mass is 250 g/mol. The molecule has 6 heteroatoms. The van der Waals surface area contributed by atoms with Crippen LogP contribution in [0.15, 0.2) is 0 Å². The van der Waals surface area contributed by atoms with Crippen LogP contribution in [0.2, 0.25) is 0 Å². The molecule has 1 rings (SSSR count). The molecule has 0 aromatic carbocycles. The maximum Gasteiger partial charge on any atom is 0.323 e. The summed E-state index contributed by atoms with van der Waals surface area (Å²) in [4.78, 5) is 12.6. The fraction of sp³-hybridized carbons (Fsp3) is 0.909. The molecule has 100 valence electrons. The maximum atomic E-state index is 12.1. The predicted octanol–water partition coefficient (Wildman–Crippen LogP) is 1.17. The van der Waals surface area contributed by atoms with E-state index in [4.69, 9.17) is 0 Å². The topological polar surface area (TPSA) is 52.6 Å². The number of nitrogens with zero attached hydrogens (tertiary/aromatic N) is 1. The van der Waals surface area contributed by atoms with E-state index in [9.17, 15) is 18.7 Å². The number of halogens is 2. The van der Waals surface area contributed by atoms with Crippen LogP contribution >= 0.6 is 0 Å². The van der Waals surface area contributed by atoms with E-state index in [0.717, 1.165) is 12.8 Å². The summed E-state index contributed by atoms with van der Waals surface area (Å²) in [6.45, 7) is 1.63. The molecule has 0 aromatic rings. The van der Waals surface area contributed by atoms with Gasteiger partial charge in [-0.15, -0.1) is 0 Å². The van der Waals surface area contributed by atoms with Crippen molar-refractivity contribution in [3.05, 3.63) is 0 Å². The van der Waals surface area contributed by atoms with E-state index < -0.39 is 17.9 Å². The molecule has 0 aromatic heterocycles. The summed E-state index contributed by atoms with van der Waals surface area (Å²) in [5.74, 6) is -0.921. The molecule has 1 aliphatic rings. The van der Waals surface area contributed by atoms with Crippen LogP contribution in [-0.2, 0) is 4.79 Å². The molecule has 0 amide bonds. The third-order valence-electron chi connectivity index (χ3n) is 3.02. The third kappa shape index (κ3) is 4.95. The van der Waals surface area contributed by atoms with Gasteiger partial charge in [0.05, 0.1) is 6.54 Å². The van der Waals surface area contributed by atoms with Crippen molar-refractivity contribution in [1.29, 1.82) is 0 Å². The smallest absolute Gasteiger partial charge is 0.323 e. The van der Waals surface area contributed by atoms with Crippen molar-refractivity contribution in [3.8, 4) is 0 Å². The van der Waals surface area contributed by atoms with Crippen molar-refractivity contribution in [3.63, 3.8) is 0 Å². The minimum Gasteiger partial charge on any atom is -0.480 e. The number of hydrogen-bond acceptors (Lipinski definition) is 3. The largest absolute Gasteiger partial charge is 0.480 e. The molecule has 0 radical (unpaired) electrons. The number of carboxylic acid groups (broad SMARTS) is 1. The lowest BCUT2D eigenvalue weighted by Crippen LogP contribution is -2.52. The summed E-state index contributed by atoms with van der Waals surface area (Å²) in [6.07, 6.45) is -0.0689. The summed E-state index contributed by atoms with van der Waals surface area (Å²) in [6, 6.07) is 0.275. The average molecular weight is 250 g/mol. The van der Waals surface area contributed by atoms with Crippen molar-refractivity contribution >= 4 is 5.97 Å². The fourth-order valence-electron chi connectivity index (χ4n) is 1.66. The van der Waals surface area contributed by atoms with Crippen LogP contribution in [0.4, 0.5) is 8.78 Å². The Bertz CT molecular complexity index is 272. The Balaban J connectivity index is 2.40. The number of carbonyl (C=O) groups is 1. The van der Waals surface area contributed by atoms with Gasteiger partial charge < -0.3 is 10.0 Å². The van der Waals surface area contributed by atoms with Crippen LogP contribution in [-0.4, -0.2) is 54.1 Å². The van der Waals surface area contributed by atoms with Crippen LogP contribution in [0.25, 0.3) is 0 Å². The number of carboxylic acids is 1. The Hall–Kier alpha value is -0.750. The van der Waals surface area contributed by atoms with E-state index in [-0.39, 0.29) is 12.6 Å². The normalized spacial score (nSPS) is 19.6. The maximum absolute atomic E-state index is 12.1. The van der Waals surface area contributed by atoms with Crippen molar-refractivity contribution in [1.82, 2.24) is 10.2 Å². The molecule has 0 saturated heterocycles. The number of hydrogen-bond donors (Lipinski definition) is 2. The first kappa shape index (κ1) is 14.3. The quantitative estimate of drug-likeness (QED) is 0.679. The first-order valence-electron chi connectivity index (χ1n) is 5.81. The molecule has 0 spiro atoms. The lowest BCUT2D eigenvalue weighted by atomic mass is 9.97. The highest BCUT2D eigenvalue weighted by Gasteiger charge is 2.38. The molecule has 4 nitrogen and oxygen atoms in total. The number of rotatable bonds is 8. The third-order valence-corrected chi connectivity index (χ3v) is 3.02. The Morgan fingerprint density at radius 2 is 2.18 bits per heavy atom. The van der Waals surface area contributed by atoms with Gasteiger partial charge in [-0.3, -0.25) is 10.1 Å². The highest BCUT2D eigenvalue weighted by Crippen LogP contribution is 2.24. The van der Waals surface area contributed by atoms with Gasteiger partial charge in [0.15, 0.2) is 0 Å². The fourth-order valence-corrected chi connectivity index (χ4v) is 1.66. The first-order chi connectivity index (χ1) is 7.83. The standard InChI is InChI=1S/C11H20F2N2O2/c1-11(10(16)17,14-8-3-4-8)5-6-15(2)7-9(12)13/h8-9,14H,3-7H2,1-2H3,(H,16,17). The van der Waals surface area contributed by atoms with Crippen LogP contribution < -0.4 is 5.32 Å². The number of alkyl halides is 2. The summed E-state index contributed by atoms with van der Waals surface area (Å²) >= 11 is 0. The molecule has 1 fully saturated rings. The zero-order valence-corrected chi connectivity index (χ0v) is 10.2. The minimum atomic E-state index is -2.38. The van der Waals surface area contributed by atoms with Gasteiger partial charge in [0.2, 0.25) is 0 Å². The molecular weight excluding hydrogens is 230 g/mol. The molecule has 1 saturated carbocycles. The first-order valence-corrected chi connectivity index (χ1v) is 5.81. The van der Waals surface area contributed by atoms with Crippen molar-refractivity contribution in [2.24, 2.45) is 0 Å². The highest BCUT2D eigenvalue weighted by molar-refractivity contribution is 5.78. The minimum absolute atomic E-state index is 0.275. The van der Waals surface area contributed by atoms with Crippen LogP contribution in [0.5, 0.6) is 0 Å². The van der Waals surface area contributed by atoms with Gasteiger partial charge >= 0.3 is 5.97 Å². The predicted molar refractivity (Wildman–Crippen MR) is 60.3 cm³/mol.